The fourth-order valence-corrected chi connectivity index (χ4v) is 3.41. The SMILES string of the molecule is COC1CCC(OOCC2CC(O)CCC2COO)CC1. The average Bonchev–Trinajstić information content (AvgIpc) is 2.51. The van der Waals surface area contributed by atoms with Crippen molar-refractivity contribution < 1.29 is 29.8 Å². The summed E-state index contributed by atoms with van der Waals surface area (Å²) in [4.78, 5) is 15.2. The number of methoxy groups -OCH3 is 1. The molecule has 0 aromatic rings. The van der Waals surface area contributed by atoms with Crippen LogP contribution in [0.15, 0.2) is 0 Å². The molecule has 0 saturated heterocycles. The first kappa shape index (κ1) is 17.1. The number of hydrogen-bond acceptors (Lipinski definition) is 6. The van der Waals surface area contributed by atoms with Gasteiger partial charge >= 0.3 is 0 Å². The predicted octanol–water partition coefficient (Wildman–Crippen LogP) is 2.16. The summed E-state index contributed by atoms with van der Waals surface area (Å²) in [5.74, 6) is 0.377. The van der Waals surface area contributed by atoms with Gasteiger partial charge in [-0.3, -0.25) is 5.26 Å². The van der Waals surface area contributed by atoms with E-state index in [2.05, 4.69) is 4.89 Å². The molecule has 2 rings (SSSR count). The third-order valence-electron chi connectivity index (χ3n) is 4.84. The van der Waals surface area contributed by atoms with Crippen LogP contribution in [0.25, 0.3) is 0 Å². The van der Waals surface area contributed by atoms with Crippen molar-refractivity contribution in [2.75, 3.05) is 20.3 Å². The highest BCUT2D eigenvalue weighted by molar-refractivity contribution is 4.79. The van der Waals surface area contributed by atoms with Crippen LogP contribution in [0.5, 0.6) is 0 Å². The summed E-state index contributed by atoms with van der Waals surface area (Å²) in [7, 11) is 1.75. The molecule has 0 aromatic heterocycles. The molecule has 124 valence electrons. The molecule has 0 aromatic carbocycles. The maximum atomic E-state index is 9.76. The summed E-state index contributed by atoms with van der Waals surface area (Å²) in [6.45, 7) is 0.731. The molecule has 21 heavy (non-hydrogen) atoms. The summed E-state index contributed by atoms with van der Waals surface area (Å²) in [5, 5.41) is 18.4. The van der Waals surface area contributed by atoms with Gasteiger partial charge in [0.25, 0.3) is 0 Å². The van der Waals surface area contributed by atoms with Crippen LogP contribution in [0, 0.1) is 11.8 Å². The zero-order valence-electron chi connectivity index (χ0n) is 12.8. The van der Waals surface area contributed by atoms with Gasteiger partial charge in [0.2, 0.25) is 0 Å². The highest BCUT2D eigenvalue weighted by atomic mass is 17.2. The molecule has 0 aliphatic heterocycles. The lowest BCUT2D eigenvalue weighted by molar-refractivity contribution is -0.341. The Bertz CT molecular complexity index is 279. The van der Waals surface area contributed by atoms with Crippen LogP contribution in [0.1, 0.15) is 44.9 Å². The van der Waals surface area contributed by atoms with Gasteiger partial charge in [-0.1, -0.05) is 0 Å². The second-order valence-corrected chi connectivity index (χ2v) is 6.30. The molecule has 6 nitrogen and oxygen atoms in total. The average molecular weight is 304 g/mol. The zero-order chi connectivity index (χ0) is 15.1. The van der Waals surface area contributed by atoms with Gasteiger partial charge in [0.05, 0.1) is 31.5 Å². The van der Waals surface area contributed by atoms with E-state index in [9.17, 15) is 5.11 Å². The summed E-state index contributed by atoms with van der Waals surface area (Å²) in [6, 6.07) is 0. The van der Waals surface area contributed by atoms with E-state index in [1.54, 1.807) is 7.11 Å². The van der Waals surface area contributed by atoms with Crippen molar-refractivity contribution in [3.05, 3.63) is 0 Å². The van der Waals surface area contributed by atoms with E-state index in [4.69, 9.17) is 19.8 Å². The lowest BCUT2D eigenvalue weighted by Gasteiger charge is -2.33. The fraction of sp³-hybridized carbons (Fsp3) is 1.00. The highest BCUT2D eigenvalue weighted by Crippen LogP contribution is 2.31. The molecule has 3 atom stereocenters. The maximum absolute atomic E-state index is 9.76. The first-order valence-electron chi connectivity index (χ1n) is 7.98. The third-order valence-corrected chi connectivity index (χ3v) is 4.84. The molecule has 0 bridgehead atoms. The minimum absolute atomic E-state index is 0.137. The van der Waals surface area contributed by atoms with Crippen LogP contribution in [0.2, 0.25) is 0 Å². The van der Waals surface area contributed by atoms with Crippen molar-refractivity contribution in [3.8, 4) is 0 Å². The van der Waals surface area contributed by atoms with Crippen molar-refractivity contribution in [2.45, 2.75) is 63.3 Å². The Morgan fingerprint density at radius 2 is 1.62 bits per heavy atom. The number of ether oxygens (including phenoxy) is 1. The molecule has 2 aliphatic rings. The molecule has 2 fully saturated rings. The van der Waals surface area contributed by atoms with Crippen LogP contribution in [0.4, 0.5) is 0 Å². The number of aliphatic hydroxyl groups excluding tert-OH is 1. The Balaban J connectivity index is 1.66. The second kappa shape index (κ2) is 9.02. The van der Waals surface area contributed by atoms with Gasteiger partial charge in [0, 0.05) is 7.11 Å². The van der Waals surface area contributed by atoms with Gasteiger partial charge in [0.15, 0.2) is 0 Å². The molecule has 2 aliphatic carbocycles. The first-order valence-corrected chi connectivity index (χ1v) is 7.98. The largest absolute Gasteiger partial charge is 0.393 e. The Morgan fingerprint density at radius 3 is 2.29 bits per heavy atom. The van der Waals surface area contributed by atoms with Crippen LogP contribution >= 0.6 is 0 Å². The molecule has 0 spiro atoms. The maximum Gasteiger partial charge on any atom is 0.0931 e. The van der Waals surface area contributed by atoms with Gasteiger partial charge in [-0.2, -0.15) is 0 Å². The van der Waals surface area contributed by atoms with Crippen LogP contribution < -0.4 is 0 Å². The molecule has 2 N–H and O–H groups in total. The molecule has 0 amide bonds. The fourth-order valence-electron chi connectivity index (χ4n) is 3.41. The molecule has 0 heterocycles. The minimum Gasteiger partial charge on any atom is -0.393 e. The standard InChI is InChI=1S/C15H28O6/c1-18-14-4-6-15(7-5-14)21-20-10-12-8-13(16)3-2-11(12)9-19-17/h11-17H,2-10H2,1H3. The van der Waals surface area contributed by atoms with E-state index in [-0.39, 0.29) is 24.0 Å². The third kappa shape index (κ3) is 5.47. The van der Waals surface area contributed by atoms with Crippen LogP contribution in [0.3, 0.4) is 0 Å². The van der Waals surface area contributed by atoms with E-state index in [1.165, 1.54) is 0 Å². The Morgan fingerprint density at radius 1 is 0.905 bits per heavy atom. The molecule has 2 saturated carbocycles. The molecule has 6 heteroatoms. The molecular weight excluding hydrogens is 276 g/mol. The van der Waals surface area contributed by atoms with E-state index in [1.807, 2.05) is 0 Å². The van der Waals surface area contributed by atoms with Gasteiger partial charge in [-0.05, 0) is 56.8 Å². The smallest absolute Gasteiger partial charge is 0.0931 e. The molecule has 3 unspecified atom stereocenters. The Hall–Kier alpha value is -0.240. The summed E-state index contributed by atoms with van der Waals surface area (Å²) >= 11 is 0. The van der Waals surface area contributed by atoms with E-state index in [0.29, 0.717) is 25.7 Å². The van der Waals surface area contributed by atoms with Crippen molar-refractivity contribution in [3.63, 3.8) is 0 Å². The van der Waals surface area contributed by atoms with Gasteiger partial charge in [0.1, 0.15) is 0 Å². The predicted molar refractivity (Wildman–Crippen MR) is 75.5 cm³/mol. The quantitative estimate of drug-likeness (QED) is 0.554. The minimum atomic E-state index is -0.286. The van der Waals surface area contributed by atoms with Crippen molar-refractivity contribution >= 4 is 0 Å². The molecular formula is C15H28O6. The number of aliphatic hydroxyl groups is 1. The van der Waals surface area contributed by atoms with Gasteiger partial charge in [-0.25, -0.2) is 14.7 Å². The van der Waals surface area contributed by atoms with E-state index >= 15 is 0 Å². The zero-order valence-corrected chi connectivity index (χ0v) is 12.8. The number of hydrogen-bond donors (Lipinski definition) is 2. The lowest BCUT2D eigenvalue weighted by atomic mass is 9.79. The van der Waals surface area contributed by atoms with Gasteiger partial charge in [-0.15, -0.1) is 0 Å². The monoisotopic (exact) mass is 304 g/mol. The lowest BCUT2D eigenvalue weighted by Crippen LogP contribution is -2.34. The van der Waals surface area contributed by atoms with E-state index in [0.717, 1.165) is 38.5 Å². The van der Waals surface area contributed by atoms with Gasteiger partial charge < -0.3 is 9.84 Å². The molecule has 0 radical (unpaired) electrons. The summed E-state index contributed by atoms with van der Waals surface area (Å²) in [6.07, 6.45) is 6.40. The van der Waals surface area contributed by atoms with Crippen LogP contribution in [-0.4, -0.2) is 49.0 Å². The summed E-state index contributed by atoms with van der Waals surface area (Å²) in [5.41, 5.74) is 0. The Labute approximate surface area is 126 Å². The van der Waals surface area contributed by atoms with Crippen molar-refractivity contribution in [2.24, 2.45) is 11.8 Å². The van der Waals surface area contributed by atoms with Crippen molar-refractivity contribution in [1.29, 1.82) is 0 Å². The Kier molecular flexibility index (Phi) is 7.36. The second-order valence-electron chi connectivity index (χ2n) is 6.30. The number of rotatable bonds is 7. The normalized spacial score (nSPS) is 37.6. The van der Waals surface area contributed by atoms with Crippen LogP contribution in [-0.2, 0) is 19.4 Å². The highest BCUT2D eigenvalue weighted by Gasteiger charge is 2.31. The first-order chi connectivity index (χ1) is 10.2. The van der Waals surface area contributed by atoms with Crippen molar-refractivity contribution in [1.82, 2.24) is 0 Å². The topological polar surface area (TPSA) is 77.4 Å². The summed E-state index contributed by atoms with van der Waals surface area (Å²) < 4.78 is 5.33. The van der Waals surface area contributed by atoms with E-state index < -0.39 is 0 Å².